The monoisotopic (exact) mass is 214 g/mol. The number of likely N-dealkylation sites (tertiary alicyclic amines) is 1. The first-order valence-corrected chi connectivity index (χ1v) is 5.59. The van der Waals surface area contributed by atoms with Crippen LogP contribution in [0.4, 0.5) is 0 Å². The van der Waals surface area contributed by atoms with Crippen molar-refractivity contribution in [2.75, 3.05) is 20.1 Å². The number of aliphatic carboxylic acids is 1. The molecule has 2 atom stereocenters. The van der Waals surface area contributed by atoms with Gasteiger partial charge in [-0.3, -0.25) is 4.79 Å². The lowest BCUT2D eigenvalue weighted by molar-refractivity contribution is -0.137. The van der Waals surface area contributed by atoms with Crippen molar-refractivity contribution in [3.05, 3.63) is 0 Å². The number of carbonyl (C=O) groups is 1. The van der Waals surface area contributed by atoms with Crippen LogP contribution in [0.1, 0.15) is 32.6 Å². The highest BCUT2D eigenvalue weighted by Gasteiger charge is 2.37. The Hall–Kier alpha value is -0.610. The second-order valence-corrected chi connectivity index (χ2v) is 5.06. The normalized spacial score (nSPS) is 29.3. The Morgan fingerprint density at radius 1 is 1.67 bits per heavy atom. The average molecular weight is 214 g/mol. The Kier molecular flexibility index (Phi) is 4.11. The molecule has 4 heteroatoms. The van der Waals surface area contributed by atoms with Crippen LogP contribution in [0.2, 0.25) is 0 Å². The van der Waals surface area contributed by atoms with Gasteiger partial charge in [-0.25, -0.2) is 0 Å². The van der Waals surface area contributed by atoms with Gasteiger partial charge in [0.2, 0.25) is 0 Å². The van der Waals surface area contributed by atoms with Gasteiger partial charge in [-0.1, -0.05) is 0 Å². The zero-order chi connectivity index (χ0) is 11.5. The third kappa shape index (κ3) is 3.80. The van der Waals surface area contributed by atoms with Crippen LogP contribution < -0.4 is 5.73 Å². The van der Waals surface area contributed by atoms with E-state index in [4.69, 9.17) is 10.8 Å². The minimum absolute atomic E-state index is 0.140. The van der Waals surface area contributed by atoms with Gasteiger partial charge in [-0.05, 0) is 45.2 Å². The molecule has 0 bridgehead atoms. The fourth-order valence-corrected chi connectivity index (χ4v) is 2.69. The van der Waals surface area contributed by atoms with E-state index in [9.17, 15) is 4.79 Å². The van der Waals surface area contributed by atoms with E-state index in [0.717, 1.165) is 32.4 Å². The molecule has 0 spiro atoms. The molecule has 0 saturated carbocycles. The molecule has 1 heterocycles. The van der Waals surface area contributed by atoms with E-state index in [1.807, 2.05) is 6.92 Å². The molecule has 1 aliphatic rings. The minimum Gasteiger partial charge on any atom is -0.481 e. The van der Waals surface area contributed by atoms with Crippen molar-refractivity contribution in [1.82, 2.24) is 4.90 Å². The summed E-state index contributed by atoms with van der Waals surface area (Å²) in [6.07, 6.45) is 3.04. The van der Waals surface area contributed by atoms with Crippen LogP contribution in [0.15, 0.2) is 0 Å². The van der Waals surface area contributed by atoms with Gasteiger partial charge in [-0.15, -0.1) is 0 Å². The summed E-state index contributed by atoms with van der Waals surface area (Å²) in [7, 11) is 2.09. The summed E-state index contributed by atoms with van der Waals surface area (Å²) in [5.74, 6) is -0.700. The van der Waals surface area contributed by atoms with Crippen LogP contribution in [-0.2, 0) is 4.79 Å². The number of nitrogens with zero attached hydrogens (tertiary/aromatic N) is 1. The molecular formula is C11H22N2O2. The Morgan fingerprint density at radius 3 is 2.73 bits per heavy atom. The number of hydrogen-bond donors (Lipinski definition) is 2. The fraction of sp³-hybridized carbons (Fsp3) is 0.909. The molecule has 4 nitrogen and oxygen atoms in total. The fourth-order valence-electron chi connectivity index (χ4n) is 2.69. The third-order valence-corrected chi connectivity index (χ3v) is 3.25. The van der Waals surface area contributed by atoms with Gasteiger partial charge < -0.3 is 15.7 Å². The van der Waals surface area contributed by atoms with E-state index >= 15 is 0 Å². The molecule has 0 radical (unpaired) electrons. The molecule has 1 saturated heterocycles. The maximum absolute atomic E-state index is 10.6. The van der Waals surface area contributed by atoms with Crippen molar-refractivity contribution in [2.24, 2.45) is 11.1 Å². The Balaban J connectivity index is 2.56. The highest BCUT2D eigenvalue weighted by molar-refractivity contribution is 5.66. The summed E-state index contributed by atoms with van der Waals surface area (Å²) in [6, 6.07) is 0.158. The molecule has 88 valence electrons. The Morgan fingerprint density at radius 2 is 2.33 bits per heavy atom. The molecule has 0 aliphatic carbocycles. The zero-order valence-electron chi connectivity index (χ0n) is 9.70. The van der Waals surface area contributed by atoms with Crippen LogP contribution in [0.3, 0.4) is 0 Å². The van der Waals surface area contributed by atoms with Crippen LogP contribution in [0, 0.1) is 5.41 Å². The van der Waals surface area contributed by atoms with Gasteiger partial charge in [0.1, 0.15) is 0 Å². The van der Waals surface area contributed by atoms with Crippen molar-refractivity contribution < 1.29 is 9.90 Å². The number of hydrogen-bond acceptors (Lipinski definition) is 3. The number of nitrogens with two attached hydrogens (primary N) is 1. The standard InChI is InChI=1S/C11H22N2O2/c1-9(12)7-11(4-3-10(14)15)5-6-13(2)8-11/h9H,3-8,12H2,1-2H3,(H,14,15). The predicted octanol–water partition coefficient (Wildman–Crippen LogP) is 0.910. The van der Waals surface area contributed by atoms with Gasteiger partial charge in [-0.2, -0.15) is 0 Å². The zero-order valence-corrected chi connectivity index (χ0v) is 9.70. The van der Waals surface area contributed by atoms with Crippen molar-refractivity contribution in [1.29, 1.82) is 0 Å². The Bertz CT molecular complexity index is 231. The lowest BCUT2D eigenvalue weighted by Gasteiger charge is -2.30. The van der Waals surface area contributed by atoms with E-state index in [2.05, 4.69) is 11.9 Å². The summed E-state index contributed by atoms with van der Waals surface area (Å²) in [4.78, 5) is 12.9. The smallest absolute Gasteiger partial charge is 0.303 e. The molecule has 1 aliphatic heterocycles. The van der Waals surface area contributed by atoms with Crippen LogP contribution in [0.25, 0.3) is 0 Å². The summed E-state index contributed by atoms with van der Waals surface area (Å²) < 4.78 is 0. The molecule has 0 aromatic carbocycles. The molecule has 0 aromatic heterocycles. The average Bonchev–Trinajstić information content (AvgIpc) is 2.44. The van der Waals surface area contributed by atoms with E-state index < -0.39 is 5.97 Å². The van der Waals surface area contributed by atoms with Gasteiger partial charge in [0.05, 0.1) is 0 Å². The van der Waals surface area contributed by atoms with Gasteiger partial charge >= 0.3 is 5.97 Å². The van der Waals surface area contributed by atoms with Crippen LogP contribution in [0.5, 0.6) is 0 Å². The van der Waals surface area contributed by atoms with E-state index in [1.165, 1.54) is 0 Å². The van der Waals surface area contributed by atoms with E-state index in [-0.39, 0.29) is 17.9 Å². The third-order valence-electron chi connectivity index (χ3n) is 3.25. The Labute approximate surface area is 91.4 Å². The topological polar surface area (TPSA) is 66.6 Å². The molecule has 1 fully saturated rings. The van der Waals surface area contributed by atoms with Gasteiger partial charge in [0, 0.05) is 19.0 Å². The van der Waals surface area contributed by atoms with Crippen LogP contribution >= 0.6 is 0 Å². The molecular weight excluding hydrogens is 192 g/mol. The number of rotatable bonds is 5. The van der Waals surface area contributed by atoms with E-state index in [0.29, 0.717) is 0 Å². The SMILES string of the molecule is CC(N)CC1(CCC(=O)O)CCN(C)C1. The maximum atomic E-state index is 10.6. The molecule has 0 amide bonds. The van der Waals surface area contributed by atoms with Gasteiger partial charge in [0.15, 0.2) is 0 Å². The summed E-state index contributed by atoms with van der Waals surface area (Å²) in [6.45, 7) is 4.05. The number of carboxylic acids is 1. The van der Waals surface area contributed by atoms with Crippen molar-refractivity contribution in [2.45, 2.75) is 38.6 Å². The highest BCUT2D eigenvalue weighted by atomic mass is 16.4. The molecule has 2 unspecified atom stereocenters. The molecule has 0 aromatic rings. The van der Waals surface area contributed by atoms with Crippen molar-refractivity contribution in [3.63, 3.8) is 0 Å². The first-order valence-electron chi connectivity index (χ1n) is 5.59. The maximum Gasteiger partial charge on any atom is 0.303 e. The largest absolute Gasteiger partial charge is 0.481 e. The van der Waals surface area contributed by atoms with Crippen LogP contribution in [-0.4, -0.2) is 42.2 Å². The predicted molar refractivity (Wildman–Crippen MR) is 59.7 cm³/mol. The molecule has 15 heavy (non-hydrogen) atoms. The summed E-state index contributed by atoms with van der Waals surface area (Å²) >= 11 is 0. The van der Waals surface area contributed by atoms with E-state index in [1.54, 1.807) is 0 Å². The van der Waals surface area contributed by atoms with Gasteiger partial charge in [0.25, 0.3) is 0 Å². The lowest BCUT2D eigenvalue weighted by atomic mass is 9.77. The minimum atomic E-state index is -0.700. The second kappa shape index (κ2) is 4.94. The molecule has 1 rings (SSSR count). The second-order valence-electron chi connectivity index (χ2n) is 5.06. The number of carboxylic acid groups (broad SMARTS) is 1. The summed E-state index contributed by atoms with van der Waals surface area (Å²) in [5.41, 5.74) is 5.98. The first-order chi connectivity index (χ1) is 6.93. The summed E-state index contributed by atoms with van der Waals surface area (Å²) in [5, 5.41) is 8.74. The highest BCUT2D eigenvalue weighted by Crippen LogP contribution is 2.38. The quantitative estimate of drug-likeness (QED) is 0.714. The molecule has 3 N–H and O–H groups in total. The first kappa shape index (κ1) is 12.5. The lowest BCUT2D eigenvalue weighted by Crippen LogP contribution is -2.32. The van der Waals surface area contributed by atoms with Crippen molar-refractivity contribution >= 4 is 5.97 Å². The van der Waals surface area contributed by atoms with Crippen molar-refractivity contribution in [3.8, 4) is 0 Å².